The molecule has 0 bridgehead atoms. The number of anilines is 1. The molecule has 0 saturated carbocycles. The Labute approximate surface area is 167 Å². The van der Waals surface area contributed by atoms with Gasteiger partial charge in [0.1, 0.15) is 11.1 Å². The lowest BCUT2D eigenvalue weighted by Gasteiger charge is -2.23. The lowest BCUT2D eigenvalue weighted by atomic mass is 9.88. The summed E-state index contributed by atoms with van der Waals surface area (Å²) < 4.78 is 5.23. The van der Waals surface area contributed by atoms with Crippen LogP contribution in [0.25, 0.3) is 11.0 Å². The van der Waals surface area contributed by atoms with Crippen LogP contribution in [0.4, 0.5) is 5.69 Å². The number of para-hydroxylation sites is 2. The van der Waals surface area contributed by atoms with Crippen molar-refractivity contribution in [2.24, 2.45) is 5.92 Å². The van der Waals surface area contributed by atoms with Crippen LogP contribution in [0.1, 0.15) is 36.2 Å². The minimum Gasteiger partial charge on any atom is -0.422 e. The van der Waals surface area contributed by atoms with Crippen LogP contribution in [-0.4, -0.2) is 23.3 Å². The van der Waals surface area contributed by atoms with Gasteiger partial charge in [0.15, 0.2) is 11.4 Å². The summed E-state index contributed by atoms with van der Waals surface area (Å²) in [6, 6.07) is 15.2. The number of Topliss-reactive ketones (excluding diaryl/α,β-unsaturated/α-hetero) is 1. The standard InChI is InChI=1S/C23H21NO5/c1-14(2)13-24-18-9-5-4-8-17(18)23(28,22(24)27)12-19(25)16-11-15-7-3-6-10-20(15)29-21(16)26/h3-11,14,28H,12-13H2,1-2H3. The molecule has 1 unspecified atom stereocenters. The van der Waals surface area contributed by atoms with Crippen LogP contribution in [0.5, 0.6) is 0 Å². The highest BCUT2D eigenvalue weighted by Crippen LogP contribution is 2.43. The summed E-state index contributed by atoms with van der Waals surface area (Å²) >= 11 is 0. The number of ketones is 1. The lowest BCUT2D eigenvalue weighted by molar-refractivity contribution is -0.136. The van der Waals surface area contributed by atoms with Crippen molar-refractivity contribution in [1.29, 1.82) is 0 Å². The Hall–Kier alpha value is -3.25. The second-order valence-corrected chi connectivity index (χ2v) is 7.77. The van der Waals surface area contributed by atoms with E-state index in [1.807, 2.05) is 13.8 Å². The number of hydrogen-bond acceptors (Lipinski definition) is 5. The zero-order valence-electron chi connectivity index (χ0n) is 16.2. The van der Waals surface area contributed by atoms with Gasteiger partial charge in [0.05, 0.1) is 12.1 Å². The Kier molecular flexibility index (Phi) is 4.59. The number of carbonyl (C=O) groups excluding carboxylic acids is 2. The average Bonchev–Trinajstić information content (AvgIpc) is 2.89. The molecule has 3 aromatic rings. The molecule has 148 valence electrons. The maximum atomic E-state index is 13.1. The average molecular weight is 391 g/mol. The minimum absolute atomic E-state index is 0.176. The molecule has 0 aliphatic carbocycles. The number of carbonyl (C=O) groups is 2. The molecule has 6 nitrogen and oxygen atoms in total. The van der Waals surface area contributed by atoms with E-state index in [0.29, 0.717) is 28.8 Å². The molecule has 0 spiro atoms. The van der Waals surface area contributed by atoms with E-state index in [0.717, 1.165) is 0 Å². The van der Waals surface area contributed by atoms with Gasteiger partial charge in [0.25, 0.3) is 5.91 Å². The van der Waals surface area contributed by atoms with Crippen molar-refractivity contribution in [1.82, 2.24) is 0 Å². The molecule has 0 radical (unpaired) electrons. The zero-order chi connectivity index (χ0) is 20.8. The van der Waals surface area contributed by atoms with Crippen LogP contribution < -0.4 is 10.5 Å². The Balaban J connectivity index is 1.73. The fourth-order valence-electron chi connectivity index (χ4n) is 3.81. The van der Waals surface area contributed by atoms with Crippen LogP contribution in [0.2, 0.25) is 0 Å². The highest BCUT2D eigenvalue weighted by molar-refractivity contribution is 6.11. The largest absolute Gasteiger partial charge is 0.422 e. The van der Waals surface area contributed by atoms with Crippen LogP contribution in [0, 0.1) is 5.92 Å². The van der Waals surface area contributed by atoms with Gasteiger partial charge in [-0.2, -0.15) is 0 Å². The summed E-state index contributed by atoms with van der Waals surface area (Å²) in [5.74, 6) is -1.01. The molecule has 2 heterocycles. The number of rotatable bonds is 5. The fourth-order valence-corrected chi connectivity index (χ4v) is 3.81. The second-order valence-electron chi connectivity index (χ2n) is 7.77. The van der Waals surface area contributed by atoms with Gasteiger partial charge in [0.2, 0.25) is 0 Å². The van der Waals surface area contributed by atoms with E-state index in [9.17, 15) is 19.5 Å². The second kappa shape index (κ2) is 6.97. The summed E-state index contributed by atoms with van der Waals surface area (Å²) in [5.41, 5.74) is -1.63. The van der Waals surface area contributed by atoms with Crippen molar-refractivity contribution >= 4 is 28.3 Å². The number of benzene rings is 2. The van der Waals surface area contributed by atoms with Crippen LogP contribution in [-0.2, 0) is 10.4 Å². The van der Waals surface area contributed by atoms with E-state index in [2.05, 4.69) is 0 Å². The van der Waals surface area contributed by atoms with E-state index < -0.39 is 29.3 Å². The Morgan fingerprint density at radius 2 is 1.79 bits per heavy atom. The molecular formula is C23H21NO5. The fraction of sp³-hybridized carbons (Fsp3) is 0.261. The summed E-state index contributed by atoms with van der Waals surface area (Å²) in [6.45, 7) is 4.36. The predicted molar refractivity (Wildman–Crippen MR) is 109 cm³/mol. The topological polar surface area (TPSA) is 87.8 Å². The first-order valence-corrected chi connectivity index (χ1v) is 9.51. The van der Waals surface area contributed by atoms with Gasteiger partial charge in [-0.25, -0.2) is 4.79 Å². The molecule has 6 heteroatoms. The number of nitrogens with zero attached hydrogens (tertiary/aromatic N) is 1. The third-order valence-electron chi connectivity index (χ3n) is 5.15. The third kappa shape index (κ3) is 3.15. The van der Waals surface area contributed by atoms with Gasteiger partial charge in [0, 0.05) is 17.5 Å². The monoisotopic (exact) mass is 391 g/mol. The smallest absolute Gasteiger partial charge is 0.347 e. The Bertz CT molecular complexity index is 1180. The van der Waals surface area contributed by atoms with Gasteiger partial charge >= 0.3 is 5.63 Å². The molecule has 29 heavy (non-hydrogen) atoms. The maximum absolute atomic E-state index is 13.1. The molecule has 1 aliphatic heterocycles. The van der Waals surface area contributed by atoms with E-state index in [4.69, 9.17) is 4.42 Å². The van der Waals surface area contributed by atoms with Crippen LogP contribution in [0.3, 0.4) is 0 Å². The number of amides is 1. The van der Waals surface area contributed by atoms with Gasteiger partial charge in [-0.3, -0.25) is 9.59 Å². The molecular weight excluding hydrogens is 370 g/mol. The maximum Gasteiger partial charge on any atom is 0.347 e. The van der Waals surface area contributed by atoms with Crippen LogP contribution in [0.15, 0.2) is 63.8 Å². The van der Waals surface area contributed by atoms with Crippen molar-refractivity contribution in [3.63, 3.8) is 0 Å². The van der Waals surface area contributed by atoms with E-state index in [1.165, 1.54) is 11.0 Å². The molecule has 1 amide bonds. The molecule has 2 aromatic carbocycles. The molecule has 1 aliphatic rings. The van der Waals surface area contributed by atoms with Crippen LogP contribution >= 0.6 is 0 Å². The molecule has 1 atom stereocenters. The Morgan fingerprint density at radius 3 is 2.55 bits per heavy atom. The SMILES string of the molecule is CC(C)CN1C(=O)C(O)(CC(=O)c2cc3ccccc3oc2=O)c2ccccc21. The normalized spacial score (nSPS) is 18.5. The first-order valence-electron chi connectivity index (χ1n) is 9.51. The highest BCUT2D eigenvalue weighted by Gasteiger charge is 2.51. The van der Waals surface area contributed by atoms with Gasteiger partial charge in [-0.05, 0) is 24.1 Å². The molecule has 0 saturated heterocycles. The lowest BCUT2D eigenvalue weighted by Crippen LogP contribution is -2.43. The van der Waals surface area contributed by atoms with Crippen molar-refractivity contribution in [3.8, 4) is 0 Å². The summed E-state index contributed by atoms with van der Waals surface area (Å²) in [4.78, 5) is 39.9. The van der Waals surface area contributed by atoms with Gasteiger partial charge in [-0.1, -0.05) is 50.2 Å². The van der Waals surface area contributed by atoms with Crippen molar-refractivity contribution < 1.29 is 19.1 Å². The number of hydrogen-bond donors (Lipinski definition) is 1. The molecule has 4 rings (SSSR count). The number of aliphatic hydroxyl groups is 1. The first-order chi connectivity index (χ1) is 13.8. The number of fused-ring (bicyclic) bond motifs is 2. The van der Waals surface area contributed by atoms with Crippen molar-refractivity contribution in [2.75, 3.05) is 11.4 Å². The molecule has 0 fully saturated rings. The van der Waals surface area contributed by atoms with E-state index in [-0.39, 0.29) is 11.5 Å². The van der Waals surface area contributed by atoms with Gasteiger partial charge < -0.3 is 14.4 Å². The highest BCUT2D eigenvalue weighted by atomic mass is 16.4. The quantitative estimate of drug-likeness (QED) is 0.533. The third-order valence-corrected chi connectivity index (χ3v) is 5.15. The van der Waals surface area contributed by atoms with E-state index >= 15 is 0 Å². The van der Waals surface area contributed by atoms with E-state index in [1.54, 1.807) is 48.5 Å². The Morgan fingerprint density at radius 1 is 1.10 bits per heavy atom. The summed E-state index contributed by atoms with van der Waals surface area (Å²) in [7, 11) is 0. The van der Waals surface area contributed by atoms with Crippen molar-refractivity contribution in [3.05, 3.63) is 76.1 Å². The summed E-state index contributed by atoms with van der Waals surface area (Å²) in [5, 5.41) is 11.9. The zero-order valence-corrected chi connectivity index (χ0v) is 16.2. The van der Waals surface area contributed by atoms with Crippen molar-refractivity contribution in [2.45, 2.75) is 25.9 Å². The first kappa shape index (κ1) is 19.1. The molecule has 1 aromatic heterocycles. The predicted octanol–water partition coefficient (Wildman–Crippen LogP) is 3.26. The summed E-state index contributed by atoms with van der Waals surface area (Å²) in [6.07, 6.45) is -0.527. The van der Waals surface area contributed by atoms with Gasteiger partial charge in [-0.15, -0.1) is 0 Å². The minimum atomic E-state index is -2.01. The molecule has 1 N–H and O–H groups in total.